The lowest BCUT2D eigenvalue weighted by Gasteiger charge is -1.70. The molecule has 1 heteroatoms. The van der Waals surface area contributed by atoms with E-state index in [0.717, 1.165) is 0 Å². The lowest BCUT2D eigenvalue weighted by Crippen LogP contribution is -1.93. The Kier molecular flexibility index (Phi) is 0.723. The van der Waals surface area contributed by atoms with Crippen LogP contribution in [-0.4, -0.2) is 6.54 Å². The Bertz CT molecular complexity index is 48.6. The Hall–Kier alpha value is -0.0400. The van der Waals surface area contributed by atoms with Gasteiger partial charge in [0.25, 0.3) is 0 Å². The SMILES string of the molecule is [2H]C([2H])([2H])CCN. The van der Waals surface area contributed by atoms with Gasteiger partial charge in [0, 0.05) is 4.11 Å². The van der Waals surface area contributed by atoms with Gasteiger partial charge in [0.15, 0.2) is 0 Å². The molecule has 0 rings (SSSR count). The van der Waals surface area contributed by atoms with Crippen LogP contribution in [0.2, 0.25) is 0 Å². The lowest BCUT2D eigenvalue weighted by molar-refractivity contribution is 0.932. The van der Waals surface area contributed by atoms with E-state index in [1.165, 1.54) is 0 Å². The molecule has 0 saturated carbocycles. The Morgan fingerprint density at radius 3 is 3.00 bits per heavy atom. The third-order valence-corrected chi connectivity index (χ3v) is 0.144. The van der Waals surface area contributed by atoms with Crippen LogP contribution in [-0.2, 0) is 0 Å². The quantitative estimate of drug-likeness (QED) is 0.466. The van der Waals surface area contributed by atoms with E-state index in [0.29, 0.717) is 0 Å². The van der Waals surface area contributed by atoms with Crippen molar-refractivity contribution in [1.82, 2.24) is 0 Å². The van der Waals surface area contributed by atoms with E-state index < -0.39 is 6.85 Å². The van der Waals surface area contributed by atoms with Crippen LogP contribution in [0.15, 0.2) is 0 Å². The van der Waals surface area contributed by atoms with E-state index >= 15 is 0 Å². The molecule has 4 heavy (non-hydrogen) atoms. The third kappa shape index (κ3) is 1.96. The predicted octanol–water partition coefficient (Wildman–Crippen LogP) is 0.355. The van der Waals surface area contributed by atoms with Crippen molar-refractivity contribution in [3.05, 3.63) is 0 Å². The highest BCUT2D eigenvalue weighted by atomic mass is 14.5. The first kappa shape index (κ1) is 0.977. The van der Waals surface area contributed by atoms with E-state index in [2.05, 4.69) is 0 Å². The van der Waals surface area contributed by atoms with Gasteiger partial charge < -0.3 is 5.73 Å². The molecule has 0 aliphatic rings. The molecular weight excluding hydrogens is 50.0 g/mol. The molecule has 0 unspecified atom stereocenters. The van der Waals surface area contributed by atoms with Crippen LogP contribution in [0.4, 0.5) is 0 Å². The van der Waals surface area contributed by atoms with Crippen molar-refractivity contribution in [3.8, 4) is 0 Å². The molecule has 0 amide bonds. The zero-order valence-electron chi connectivity index (χ0n) is 5.49. The normalized spacial score (nSPS) is 21.8. The van der Waals surface area contributed by atoms with Crippen LogP contribution < -0.4 is 5.73 Å². The number of rotatable bonds is 1. The van der Waals surface area contributed by atoms with Crippen LogP contribution in [0.1, 0.15) is 17.4 Å². The average molecular weight is 62.1 g/mol. The summed E-state index contributed by atoms with van der Waals surface area (Å²) in [5.74, 6) is 0. The molecule has 0 aromatic heterocycles. The maximum absolute atomic E-state index is 6.59. The second kappa shape index (κ2) is 2.96. The molecular formula is C3H9N. The molecule has 0 heterocycles. The molecule has 26 valence electrons. The van der Waals surface area contributed by atoms with Gasteiger partial charge in [-0.25, -0.2) is 0 Å². The van der Waals surface area contributed by atoms with Gasteiger partial charge in [0.1, 0.15) is 0 Å². The minimum Gasteiger partial charge on any atom is -0.330 e. The molecule has 1 nitrogen and oxygen atoms in total. The summed E-state index contributed by atoms with van der Waals surface area (Å²) in [6.07, 6.45) is 0.118. The summed E-state index contributed by atoms with van der Waals surface area (Å²) in [6.45, 7) is -1.58. The van der Waals surface area contributed by atoms with E-state index in [1.807, 2.05) is 0 Å². The summed E-state index contributed by atoms with van der Waals surface area (Å²) in [6, 6.07) is 0. The van der Waals surface area contributed by atoms with Gasteiger partial charge in [-0.05, 0) is 13.0 Å². The first-order valence-electron chi connectivity index (χ1n) is 2.76. The van der Waals surface area contributed by atoms with Gasteiger partial charge in [-0.1, -0.05) is 6.85 Å². The molecule has 0 saturated heterocycles. The molecule has 0 radical (unpaired) electrons. The largest absolute Gasteiger partial charge is 0.330 e. The molecule has 0 spiro atoms. The molecule has 0 aromatic carbocycles. The number of hydrogen-bond donors (Lipinski definition) is 1. The Balaban J connectivity index is 3.15. The lowest BCUT2D eigenvalue weighted by atomic mass is 10.5. The maximum Gasteiger partial charge on any atom is 0.0231 e. The Morgan fingerprint density at radius 1 is 2.25 bits per heavy atom. The highest BCUT2D eigenvalue weighted by Gasteiger charge is 1.55. The van der Waals surface area contributed by atoms with Crippen LogP contribution in [0.25, 0.3) is 0 Å². The Morgan fingerprint density at radius 2 is 3.00 bits per heavy atom. The van der Waals surface area contributed by atoms with Gasteiger partial charge in [-0.3, -0.25) is 0 Å². The van der Waals surface area contributed by atoms with Crippen molar-refractivity contribution in [2.24, 2.45) is 5.73 Å². The highest BCUT2D eigenvalue weighted by Crippen LogP contribution is 1.57. The summed E-state index contributed by atoms with van der Waals surface area (Å²) >= 11 is 0. The van der Waals surface area contributed by atoms with Crippen molar-refractivity contribution < 1.29 is 4.11 Å². The fourth-order valence-electron chi connectivity index (χ4n) is 0. The summed E-state index contributed by atoms with van der Waals surface area (Å²) in [7, 11) is 0. The fourth-order valence-corrected chi connectivity index (χ4v) is 0. The summed E-state index contributed by atoms with van der Waals surface area (Å²) in [5.41, 5.74) is 4.95. The molecule has 0 bridgehead atoms. The monoisotopic (exact) mass is 62.1 g/mol. The van der Waals surface area contributed by atoms with E-state index in [1.54, 1.807) is 0 Å². The minimum absolute atomic E-state index is 0.118. The van der Waals surface area contributed by atoms with E-state index in [9.17, 15) is 0 Å². The van der Waals surface area contributed by atoms with E-state index in [-0.39, 0.29) is 13.0 Å². The third-order valence-electron chi connectivity index (χ3n) is 0.144. The molecule has 2 N–H and O–H groups in total. The maximum atomic E-state index is 6.59. The minimum atomic E-state index is -1.82. The van der Waals surface area contributed by atoms with Gasteiger partial charge >= 0.3 is 0 Å². The second-order valence-electron chi connectivity index (χ2n) is 0.539. The topological polar surface area (TPSA) is 26.0 Å². The molecule has 0 aromatic rings. The second-order valence-corrected chi connectivity index (χ2v) is 0.539. The van der Waals surface area contributed by atoms with Crippen molar-refractivity contribution in [2.75, 3.05) is 6.54 Å². The van der Waals surface area contributed by atoms with Gasteiger partial charge in [0.05, 0.1) is 0 Å². The van der Waals surface area contributed by atoms with Crippen LogP contribution in [0.5, 0.6) is 0 Å². The standard InChI is InChI=1S/C3H9N/c1-2-3-4/h2-4H2,1H3/i1D3. The van der Waals surface area contributed by atoms with Gasteiger partial charge in [-0.2, -0.15) is 0 Å². The molecule has 0 atom stereocenters. The van der Waals surface area contributed by atoms with E-state index in [4.69, 9.17) is 9.85 Å². The van der Waals surface area contributed by atoms with Crippen molar-refractivity contribution in [2.45, 2.75) is 13.3 Å². The first-order valence-corrected chi connectivity index (χ1v) is 1.26. The van der Waals surface area contributed by atoms with Crippen LogP contribution in [0, 0.1) is 0 Å². The predicted molar refractivity (Wildman–Crippen MR) is 19.3 cm³/mol. The van der Waals surface area contributed by atoms with Crippen LogP contribution in [0.3, 0.4) is 0 Å². The average Bonchev–Trinajstić information content (AvgIpc) is 1.30. The molecule has 0 fully saturated rings. The summed E-state index contributed by atoms with van der Waals surface area (Å²) in [4.78, 5) is 0. The molecule has 0 aliphatic carbocycles. The smallest absolute Gasteiger partial charge is 0.0231 e. The number of hydrogen-bond acceptors (Lipinski definition) is 1. The summed E-state index contributed by atoms with van der Waals surface area (Å²) in [5, 5.41) is 0. The van der Waals surface area contributed by atoms with Crippen molar-refractivity contribution in [1.29, 1.82) is 0 Å². The summed E-state index contributed by atoms with van der Waals surface area (Å²) < 4.78 is 19.8. The zero-order chi connectivity index (χ0) is 5.91. The van der Waals surface area contributed by atoms with Gasteiger partial charge in [0.2, 0.25) is 0 Å². The Labute approximate surface area is 31.0 Å². The molecule has 0 aliphatic heterocycles. The zero-order valence-corrected chi connectivity index (χ0v) is 2.49. The highest BCUT2D eigenvalue weighted by molar-refractivity contribution is 4.19. The van der Waals surface area contributed by atoms with Crippen LogP contribution >= 0.6 is 0 Å². The van der Waals surface area contributed by atoms with Crippen molar-refractivity contribution in [3.63, 3.8) is 0 Å². The first-order chi connectivity index (χ1) is 3.06. The van der Waals surface area contributed by atoms with Gasteiger partial charge in [-0.15, -0.1) is 0 Å². The number of nitrogens with two attached hydrogens (primary N) is 1. The van der Waals surface area contributed by atoms with Crippen molar-refractivity contribution >= 4 is 0 Å². The fraction of sp³-hybridized carbons (Fsp3) is 1.00.